The number of aromatic nitrogens is 3. The summed E-state index contributed by atoms with van der Waals surface area (Å²) in [6.07, 6.45) is 1.61. The van der Waals surface area contributed by atoms with E-state index in [4.69, 9.17) is 0 Å². The van der Waals surface area contributed by atoms with Gasteiger partial charge in [-0.3, -0.25) is 0 Å². The molecule has 1 aromatic carbocycles. The highest BCUT2D eigenvalue weighted by Gasteiger charge is 2.23. The smallest absolute Gasteiger partial charge is 0.341 e. The first-order valence-corrected chi connectivity index (χ1v) is 5.92. The van der Waals surface area contributed by atoms with Crippen molar-refractivity contribution in [1.29, 1.82) is 0 Å². The van der Waals surface area contributed by atoms with Crippen LogP contribution in [0.15, 0.2) is 36.5 Å². The maximum absolute atomic E-state index is 13.9. The Morgan fingerprint density at radius 1 is 1.30 bits per heavy atom. The average Bonchev–Trinajstić information content (AvgIpc) is 2.77. The van der Waals surface area contributed by atoms with Crippen LogP contribution in [0, 0.1) is 12.7 Å². The summed E-state index contributed by atoms with van der Waals surface area (Å²) in [4.78, 5) is 15.6. The van der Waals surface area contributed by atoms with Crippen molar-refractivity contribution in [2.45, 2.75) is 6.92 Å². The normalized spacial score (nSPS) is 10.9. The summed E-state index contributed by atoms with van der Waals surface area (Å²) >= 11 is 0. The first kappa shape index (κ1) is 12.3. The zero-order valence-corrected chi connectivity index (χ0v) is 10.5. The zero-order chi connectivity index (χ0) is 14.3. The number of hydrogen-bond donors (Lipinski definition) is 1. The molecule has 1 N–H and O–H groups in total. The lowest BCUT2D eigenvalue weighted by Crippen LogP contribution is -2.00. The average molecular weight is 271 g/mol. The van der Waals surface area contributed by atoms with Crippen LogP contribution in [-0.2, 0) is 0 Å². The molecular weight excluding hydrogens is 261 g/mol. The fourth-order valence-corrected chi connectivity index (χ4v) is 2.06. The number of carbonyl (C=O) groups is 1. The quantitative estimate of drug-likeness (QED) is 0.777. The Morgan fingerprint density at radius 3 is 2.75 bits per heavy atom. The molecule has 0 fully saturated rings. The van der Waals surface area contributed by atoms with Crippen molar-refractivity contribution >= 4 is 11.6 Å². The summed E-state index contributed by atoms with van der Waals surface area (Å²) in [5.74, 6) is -1.70. The van der Waals surface area contributed by atoms with Crippen molar-refractivity contribution in [3.05, 3.63) is 53.6 Å². The number of benzene rings is 1. The number of rotatable bonds is 2. The predicted molar refractivity (Wildman–Crippen MR) is 70.1 cm³/mol. The minimum Gasteiger partial charge on any atom is -0.477 e. The standard InChI is InChI=1S/C14H10FN3O2/c1-8-6-7-18-13(16-8)11(14(19)20)12(17-18)9-4-2-3-5-10(9)15/h2-7H,1H3,(H,19,20). The molecule has 2 aromatic heterocycles. The molecule has 0 aliphatic carbocycles. The molecule has 0 aliphatic rings. The van der Waals surface area contributed by atoms with E-state index in [2.05, 4.69) is 10.1 Å². The molecule has 0 unspecified atom stereocenters. The Kier molecular flexibility index (Phi) is 2.71. The van der Waals surface area contributed by atoms with Gasteiger partial charge in [0.05, 0.1) is 0 Å². The maximum Gasteiger partial charge on any atom is 0.341 e. The number of fused-ring (bicyclic) bond motifs is 1. The number of halogens is 1. The minimum absolute atomic E-state index is 0.0775. The highest BCUT2D eigenvalue weighted by molar-refractivity contribution is 6.01. The van der Waals surface area contributed by atoms with Crippen LogP contribution in [0.2, 0.25) is 0 Å². The fraction of sp³-hybridized carbons (Fsp3) is 0.0714. The van der Waals surface area contributed by atoms with Gasteiger partial charge in [0, 0.05) is 17.5 Å². The van der Waals surface area contributed by atoms with Crippen LogP contribution in [0.4, 0.5) is 4.39 Å². The largest absolute Gasteiger partial charge is 0.477 e. The van der Waals surface area contributed by atoms with E-state index in [1.165, 1.54) is 22.7 Å². The number of aromatic carboxylic acids is 1. The van der Waals surface area contributed by atoms with Crippen molar-refractivity contribution in [2.24, 2.45) is 0 Å². The summed E-state index contributed by atoms with van der Waals surface area (Å²) < 4.78 is 15.2. The van der Waals surface area contributed by atoms with Crippen molar-refractivity contribution < 1.29 is 14.3 Å². The summed E-state index contributed by atoms with van der Waals surface area (Å²) in [5.41, 5.74) is 0.997. The van der Waals surface area contributed by atoms with Gasteiger partial charge in [0.1, 0.15) is 17.1 Å². The molecule has 5 nitrogen and oxygen atoms in total. The van der Waals surface area contributed by atoms with Gasteiger partial charge in [0.25, 0.3) is 0 Å². The molecule has 0 amide bonds. The number of aryl methyl sites for hydroxylation is 1. The second kappa shape index (κ2) is 4.41. The van der Waals surface area contributed by atoms with Gasteiger partial charge in [-0.1, -0.05) is 12.1 Å². The number of carboxylic acids is 1. The van der Waals surface area contributed by atoms with Crippen molar-refractivity contribution in [3.8, 4) is 11.3 Å². The lowest BCUT2D eigenvalue weighted by Gasteiger charge is -2.00. The summed E-state index contributed by atoms with van der Waals surface area (Å²) in [6.45, 7) is 1.75. The van der Waals surface area contributed by atoms with Crippen LogP contribution in [-0.4, -0.2) is 25.7 Å². The van der Waals surface area contributed by atoms with Crippen molar-refractivity contribution in [1.82, 2.24) is 14.6 Å². The topological polar surface area (TPSA) is 67.5 Å². The Labute approximate surface area is 113 Å². The number of carboxylic acid groups (broad SMARTS) is 1. The van der Waals surface area contributed by atoms with E-state index in [1.807, 2.05) is 0 Å². The Balaban J connectivity index is 2.39. The number of nitrogens with zero attached hydrogens (tertiary/aromatic N) is 3. The van der Waals surface area contributed by atoms with Gasteiger partial charge in [0.15, 0.2) is 5.65 Å². The molecule has 20 heavy (non-hydrogen) atoms. The zero-order valence-electron chi connectivity index (χ0n) is 10.5. The van der Waals surface area contributed by atoms with Gasteiger partial charge >= 0.3 is 5.97 Å². The van der Waals surface area contributed by atoms with Crippen LogP contribution in [0.25, 0.3) is 16.9 Å². The molecule has 0 spiro atoms. The van der Waals surface area contributed by atoms with Gasteiger partial charge in [0.2, 0.25) is 0 Å². The second-order valence-corrected chi connectivity index (χ2v) is 4.35. The maximum atomic E-state index is 13.9. The van der Waals surface area contributed by atoms with E-state index < -0.39 is 11.8 Å². The van der Waals surface area contributed by atoms with E-state index in [-0.39, 0.29) is 22.5 Å². The molecule has 0 saturated heterocycles. The molecule has 6 heteroatoms. The van der Waals surface area contributed by atoms with Crippen LogP contribution >= 0.6 is 0 Å². The highest BCUT2D eigenvalue weighted by Crippen LogP contribution is 2.27. The lowest BCUT2D eigenvalue weighted by atomic mass is 10.1. The monoisotopic (exact) mass is 271 g/mol. The first-order chi connectivity index (χ1) is 9.58. The third-order valence-electron chi connectivity index (χ3n) is 2.97. The van der Waals surface area contributed by atoms with E-state index in [0.717, 1.165) is 0 Å². The van der Waals surface area contributed by atoms with E-state index >= 15 is 0 Å². The van der Waals surface area contributed by atoms with Gasteiger partial charge < -0.3 is 5.11 Å². The lowest BCUT2D eigenvalue weighted by molar-refractivity contribution is 0.0699. The number of hydrogen-bond acceptors (Lipinski definition) is 3. The van der Waals surface area contributed by atoms with Crippen molar-refractivity contribution in [2.75, 3.05) is 0 Å². The van der Waals surface area contributed by atoms with E-state index in [9.17, 15) is 14.3 Å². The predicted octanol–water partition coefficient (Wildman–Crippen LogP) is 2.54. The van der Waals surface area contributed by atoms with Crippen LogP contribution < -0.4 is 0 Å². The molecule has 0 atom stereocenters. The Hall–Kier alpha value is -2.76. The SMILES string of the molecule is Cc1ccn2nc(-c3ccccc3F)c(C(=O)O)c2n1. The molecule has 0 aliphatic heterocycles. The molecule has 0 bridgehead atoms. The molecular formula is C14H10FN3O2. The fourth-order valence-electron chi connectivity index (χ4n) is 2.06. The Bertz CT molecular complexity index is 826. The molecule has 3 aromatic rings. The van der Waals surface area contributed by atoms with E-state index in [1.54, 1.807) is 25.3 Å². The third-order valence-corrected chi connectivity index (χ3v) is 2.97. The minimum atomic E-state index is -1.18. The molecule has 2 heterocycles. The molecule has 3 rings (SSSR count). The van der Waals surface area contributed by atoms with Gasteiger partial charge in [-0.05, 0) is 25.1 Å². The molecule has 0 radical (unpaired) electrons. The second-order valence-electron chi connectivity index (χ2n) is 4.35. The molecule has 100 valence electrons. The summed E-state index contributed by atoms with van der Waals surface area (Å²) in [5, 5.41) is 13.5. The third kappa shape index (κ3) is 1.82. The summed E-state index contributed by atoms with van der Waals surface area (Å²) in [6, 6.07) is 7.64. The van der Waals surface area contributed by atoms with Crippen LogP contribution in [0.5, 0.6) is 0 Å². The van der Waals surface area contributed by atoms with Gasteiger partial charge in [-0.2, -0.15) is 5.10 Å². The highest BCUT2D eigenvalue weighted by atomic mass is 19.1. The van der Waals surface area contributed by atoms with Gasteiger partial charge in [-0.25, -0.2) is 18.7 Å². The van der Waals surface area contributed by atoms with E-state index in [0.29, 0.717) is 5.69 Å². The molecule has 0 saturated carbocycles. The first-order valence-electron chi connectivity index (χ1n) is 5.92. The Morgan fingerprint density at radius 2 is 2.05 bits per heavy atom. The van der Waals surface area contributed by atoms with Crippen molar-refractivity contribution in [3.63, 3.8) is 0 Å². The van der Waals surface area contributed by atoms with Crippen LogP contribution in [0.1, 0.15) is 16.1 Å². The van der Waals surface area contributed by atoms with Gasteiger partial charge in [-0.15, -0.1) is 0 Å². The van der Waals surface area contributed by atoms with Crippen LogP contribution in [0.3, 0.4) is 0 Å². The summed E-state index contributed by atoms with van der Waals surface area (Å²) in [7, 11) is 0.